The molecule has 1 heterocycles. The number of fused-ring (bicyclic) bond motifs is 2. The van der Waals surface area contributed by atoms with E-state index in [0.717, 1.165) is 19.3 Å². The summed E-state index contributed by atoms with van der Waals surface area (Å²) in [5, 5.41) is 26.3. The number of likely N-dealkylation sites (N-methyl/N-ethyl adjacent to an activating group) is 1. The zero-order valence-electron chi connectivity index (χ0n) is 25.3. The van der Waals surface area contributed by atoms with Gasteiger partial charge in [-0.2, -0.15) is 0 Å². The van der Waals surface area contributed by atoms with Crippen LogP contribution < -0.4 is 5.73 Å². The van der Waals surface area contributed by atoms with E-state index in [1.165, 1.54) is 0 Å². The molecule has 6 aliphatic rings. The Balaban J connectivity index is 1.41. The number of nitrogen functional groups attached to an aromatic ring is 1. The van der Waals surface area contributed by atoms with Crippen LogP contribution in [-0.4, -0.2) is 111 Å². The molecule has 5 aliphatic carbocycles. The van der Waals surface area contributed by atoms with E-state index in [9.17, 15) is 15.0 Å². The summed E-state index contributed by atoms with van der Waals surface area (Å²) in [6.45, 7) is 3.54. The first-order valence-electron chi connectivity index (χ1n) is 15.5. The van der Waals surface area contributed by atoms with Crippen LogP contribution in [-0.2, 0) is 23.7 Å². The van der Waals surface area contributed by atoms with E-state index in [-0.39, 0.29) is 48.6 Å². The standard InChI is InChI=1S/C32H46N2O8/c1-6-34-15-29(16-42-27(35)17-9-7-8-10-20(17)33)12-11-22(39-3)31-19-13-18-21(38-2)14-30(36,23(19)24(18)40-4)32(37,28(31)34)26(41-5)25(29)31/h7-10,18-19,21-26,28,36-37H,6,11-16,33H2,1-5H3/t18-,19?,21?,22+,23?,24+,25-,26+,28+,29+,30-,31+,32+/m1/s1. The zero-order valence-corrected chi connectivity index (χ0v) is 25.3. The molecule has 1 spiro atoms. The van der Waals surface area contributed by atoms with Gasteiger partial charge in [-0.05, 0) is 43.9 Å². The molecular formula is C32H46N2O8. The van der Waals surface area contributed by atoms with E-state index in [0.29, 0.717) is 30.8 Å². The highest BCUT2D eigenvalue weighted by atomic mass is 16.5. The highest BCUT2D eigenvalue weighted by molar-refractivity contribution is 5.95. The number of ether oxygens (including phenoxy) is 5. The highest BCUT2D eigenvalue weighted by Gasteiger charge is 2.91. The van der Waals surface area contributed by atoms with Crippen molar-refractivity contribution in [1.82, 2.24) is 4.90 Å². The monoisotopic (exact) mass is 586 g/mol. The lowest BCUT2D eigenvalue weighted by Crippen LogP contribution is -2.82. The molecule has 7 rings (SSSR count). The number of para-hydroxylation sites is 1. The lowest BCUT2D eigenvalue weighted by atomic mass is 9.42. The number of benzene rings is 1. The van der Waals surface area contributed by atoms with Gasteiger partial charge >= 0.3 is 5.97 Å². The molecule has 1 aliphatic heterocycles. The maximum atomic E-state index is 13.4. The maximum absolute atomic E-state index is 13.4. The fourth-order valence-electron chi connectivity index (χ4n) is 12.0. The van der Waals surface area contributed by atoms with Gasteiger partial charge in [0.15, 0.2) is 0 Å². The fourth-order valence-corrected chi connectivity index (χ4v) is 12.0. The molecule has 3 unspecified atom stereocenters. The number of aliphatic hydroxyl groups is 2. The molecule has 1 aromatic carbocycles. The minimum Gasteiger partial charge on any atom is -0.461 e. The Hall–Kier alpha value is -1.79. The number of methoxy groups -OCH3 is 4. The van der Waals surface area contributed by atoms with Crippen LogP contribution in [0.2, 0.25) is 0 Å². The van der Waals surface area contributed by atoms with Crippen molar-refractivity contribution in [2.45, 2.75) is 74.3 Å². The van der Waals surface area contributed by atoms with Gasteiger partial charge in [0.25, 0.3) is 0 Å². The van der Waals surface area contributed by atoms with Gasteiger partial charge in [-0.1, -0.05) is 19.1 Å². The summed E-state index contributed by atoms with van der Waals surface area (Å²) < 4.78 is 31.1. The van der Waals surface area contributed by atoms with Crippen LogP contribution >= 0.6 is 0 Å². The first-order valence-corrected chi connectivity index (χ1v) is 15.5. The number of esters is 1. The summed E-state index contributed by atoms with van der Waals surface area (Å²) in [6, 6.07) is 6.55. The zero-order chi connectivity index (χ0) is 29.8. The van der Waals surface area contributed by atoms with Crippen molar-refractivity contribution in [3.8, 4) is 0 Å². The number of anilines is 1. The number of carbonyl (C=O) groups is 1. The molecule has 7 bridgehead atoms. The summed E-state index contributed by atoms with van der Waals surface area (Å²) in [6.07, 6.45) is 1.22. The molecular weight excluding hydrogens is 540 g/mol. The van der Waals surface area contributed by atoms with Crippen LogP contribution in [0.1, 0.15) is 43.0 Å². The number of carbonyl (C=O) groups excluding carboxylic acids is 1. The van der Waals surface area contributed by atoms with Gasteiger partial charge in [-0.3, -0.25) is 4.90 Å². The molecule has 0 amide bonds. The third kappa shape index (κ3) is 3.12. The molecule has 0 radical (unpaired) electrons. The summed E-state index contributed by atoms with van der Waals surface area (Å²) in [4.78, 5) is 15.7. The van der Waals surface area contributed by atoms with Crippen molar-refractivity contribution in [3.05, 3.63) is 29.8 Å². The molecule has 10 nitrogen and oxygen atoms in total. The first kappa shape index (κ1) is 29.0. The predicted octanol–water partition coefficient (Wildman–Crippen LogP) is 1.72. The Kier molecular flexibility index (Phi) is 6.62. The molecule has 232 valence electrons. The van der Waals surface area contributed by atoms with E-state index < -0.39 is 40.1 Å². The van der Waals surface area contributed by atoms with Crippen LogP contribution in [0.25, 0.3) is 0 Å². The van der Waals surface area contributed by atoms with Crippen molar-refractivity contribution >= 4 is 11.7 Å². The Labute approximate surface area is 247 Å². The number of rotatable bonds is 8. The van der Waals surface area contributed by atoms with Crippen molar-refractivity contribution < 1.29 is 38.7 Å². The van der Waals surface area contributed by atoms with Crippen molar-refractivity contribution in [3.63, 3.8) is 0 Å². The van der Waals surface area contributed by atoms with Crippen molar-refractivity contribution in [2.24, 2.45) is 34.5 Å². The smallest absolute Gasteiger partial charge is 0.340 e. The summed E-state index contributed by atoms with van der Waals surface area (Å²) in [5.41, 5.74) is 2.65. The largest absolute Gasteiger partial charge is 0.461 e. The second-order valence-electron chi connectivity index (χ2n) is 13.8. The number of piperidine rings is 1. The molecule has 1 saturated heterocycles. The van der Waals surface area contributed by atoms with Crippen LogP contribution in [0.3, 0.4) is 0 Å². The molecule has 42 heavy (non-hydrogen) atoms. The van der Waals surface area contributed by atoms with Gasteiger partial charge < -0.3 is 39.6 Å². The molecule has 13 atom stereocenters. The summed E-state index contributed by atoms with van der Waals surface area (Å²) >= 11 is 0. The third-order valence-corrected chi connectivity index (χ3v) is 13.0. The average molecular weight is 587 g/mol. The second kappa shape index (κ2) is 9.60. The van der Waals surface area contributed by atoms with Gasteiger partial charge in [0.05, 0.1) is 42.6 Å². The fraction of sp³-hybridized carbons (Fsp3) is 0.781. The second-order valence-corrected chi connectivity index (χ2v) is 13.8. The molecule has 10 heteroatoms. The molecule has 5 saturated carbocycles. The van der Waals surface area contributed by atoms with E-state index in [1.807, 2.05) is 0 Å². The Morgan fingerprint density at radius 1 is 1.10 bits per heavy atom. The van der Waals surface area contributed by atoms with Gasteiger partial charge in [0.2, 0.25) is 0 Å². The number of nitrogens with zero attached hydrogens (tertiary/aromatic N) is 1. The van der Waals surface area contributed by atoms with Crippen LogP contribution in [0.4, 0.5) is 5.69 Å². The van der Waals surface area contributed by atoms with Gasteiger partial charge in [-0.15, -0.1) is 0 Å². The SMILES string of the molecule is CCN1C[C@]2(COC(=O)c3ccccc3N)CC[C@H](OC)[C@@]34C5C[C@@H]6C(OC)C[C@@](O)(C5[C@H]6OC)[C@](O)([C@@H](OC)[C@H]23)[C@@H]14. The van der Waals surface area contributed by atoms with E-state index in [4.69, 9.17) is 29.4 Å². The van der Waals surface area contributed by atoms with Crippen LogP contribution in [0.5, 0.6) is 0 Å². The van der Waals surface area contributed by atoms with Crippen LogP contribution in [0, 0.1) is 34.5 Å². The van der Waals surface area contributed by atoms with Gasteiger partial charge in [-0.25, -0.2) is 4.79 Å². The van der Waals surface area contributed by atoms with E-state index in [2.05, 4.69) is 11.8 Å². The van der Waals surface area contributed by atoms with E-state index in [1.54, 1.807) is 52.7 Å². The predicted molar refractivity (Wildman–Crippen MR) is 153 cm³/mol. The van der Waals surface area contributed by atoms with Gasteiger partial charge in [0.1, 0.15) is 11.2 Å². The quantitative estimate of drug-likeness (QED) is 0.306. The maximum Gasteiger partial charge on any atom is 0.340 e. The highest BCUT2D eigenvalue weighted by Crippen LogP contribution is 2.80. The minimum absolute atomic E-state index is 0.00697. The Morgan fingerprint density at radius 3 is 2.50 bits per heavy atom. The lowest BCUT2D eigenvalue weighted by Gasteiger charge is -2.70. The topological polar surface area (TPSA) is 133 Å². The van der Waals surface area contributed by atoms with E-state index >= 15 is 0 Å². The molecule has 0 aromatic heterocycles. The van der Waals surface area contributed by atoms with Crippen molar-refractivity contribution in [1.29, 1.82) is 0 Å². The lowest BCUT2D eigenvalue weighted by molar-refractivity contribution is -0.320. The minimum atomic E-state index is -1.62. The number of hydrogen-bond acceptors (Lipinski definition) is 10. The van der Waals surface area contributed by atoms with Crippen molar-refractivity contribution in [2.75, 3.05) is 53.9 Å². The molecule has 6 fully saturated rings. The molecule has 4 N–H and O–H groups in total. The summed E-state index contributed by atoms with van der Waals surface area (Å²) in [7, 11) is 6.80. The third-order valence-electron chi connectivity index (χ3n) is 13.0. The van der Waals surface area contributed by atoms with Gasteiger partial charge in [0, 0.05) is 75.7 Å². The number of hydrogen-bond donors (Lipinski definition) is 3. The Morgan fingerprint density at radius 2 is 1.86 bits per heavy atom. The molecule has 1 aromatic rings. The average Bonchev–Trinajstić information content (AvgIpc) is 3.41. The normalized spacial score (nSPS) is 50.1. The Bertz CT molecular complexity index is 1250. The van der Waals surface area contributed by atoms with Crippen LogP contribution in [0.15, 0.2) is 24.3 Å². The number of likely N-dealkylation sites (tertiary alicyclic amines) is 1. The number of nitrogens with two attached hydrogens (primary N) is 1. The summed E-state index contributed by atoms with van der Waals surface area (Å²) in [5.74, 6) is -0.892. The first-order chi connectivity index (χ1) is 20.1.